The van der Waals surface area contributed by atoms with E-state index in [4.69, 9.17) is 14.2 Å². The van der Waals surface area contributed by atoms with Gasteiger partial charge in [-0.2, -0.15) is 0 Å². The Morgan fingerprint density at radius 3 is 2.27 bits per heavy atom. The lowest BCUT2D eigenvalue weighted by Crippen LogP contribution is -2.61. The fraction of sp³-hybridized carbons (Fsp3) is 0.600. The minimum Gasteiger partial charge on any atom is -0.464 e. The molecule has 0 aliphatic carbocycles. The number of carbonyl (C=O) groups is 2. The summed E-state index contributed by atoms with van der Waals surface area (Å²) in [5.74, 6) is -0.910. The number of hydrogen-bond donors (Lipinski definition) is 0. The minimum absolute atomic E-state index is 0.245. The van der Waals surface area contributed by atoms with Gasteiger partial charge < -0.3 is 14.2 Å². The largest absolute Gasteiger partial charge is 0.464 e. The topological polar surface area (TPSA) is 61.8 Å². The predicted molar refractivity (Wildman–Crippen MR) is 103 cm³/mol. The number of esters is 2. The van der Waals surface area contributed by atoms with Gasteiger partial charge in [0.1, 0.15) is 6.10 Å². The van der Waals surface area contributed by atoms with Crippen LogP contribution in [0.4, 0.5) is 0 Å². The second-order valence-electron chi connectivity index (χ2n) is 7.85. The van der Waals surface area contributed by atoms with Crippen molar-refractivity contribution >= 4 is 25.2 Å². The molecule has 1 fully saturated rings. The Bertz CT molecular complexity index is 674. The van der Waals surface area contributed by atoms with Crippen LogP contribution >= 0.6 is 0 Å². The van der Waals surface area contributed by atoms with Crippen molar-refractivity contribution in [3.63, 3.8) is 0 Å². The van der Waals surface area contributed by atoms with Crippen LogP contribution in [0.25, 0.3) is 0 Å². The molecule has 4 atom stereocenters. The number of hydrogen-bond acceptors (Lipinski definition) is 5. The third-order valence-corrected chi connectivity index (χ3v) is 11.3. The van der Waals surface area contributed by atoms with E-state index in [0.717, 1.165) is 0 Å². The Morgan fingerprint density at radius 2 is 1.77 bits per heavy atom. The first kappa shape index (κ1) is 20.6. The molecule has 1 aromatic carbocycles. The van der Waals surface area contributed by atoms with Crippen LogP contribution in [0, 0.1) is 0 Å². The Morgan fingerprint density at radius 1 is 1.19 bits per heavy atom. The SMILES string of the molecule is CCOC(=O)[C@@]1(C)O[C@H](C)[C@@](C)([Si](C)(C)c2ccccc2)[C@@H]1OC(C)=O. The number of ether oxygens (including phenoxy) is 3. The van der Waals surface area contributed by atoms with E-state index in [1.165, 1.54) is 12.1 Å². The van der Waals surface area contributed by atoms with Crippen LogP contribution in [-0.4, -0.2) is 44.4 Å². The zero-order valence-corrected chi connectivity index (χ0v) is 17.8. The number of rotatable bonds is 5. The molecule has 144 valence electrons. The van der Waals surface area contributed by atoms with Crippen LogP contribution in [0.15, 0.2) is 30.3 Å². The van der Waals surface area contributed by atoms with E-state index in [-0.39, 0.29) is 12.7 Å². The first-order valence-corrected chi connectivity index (χ1v) is 12.1. The molecule has 0 spiro atoms. The highest BCUT2D eigenvalue weighted by molar-refractivity contribution is 6.92. The molecule has 1 aliphatic rings. The zero-order valence-electron chi connectivity index (χ0n) is 16.8. The van der Waals surface area contributed by atoms with Crippen molar-refractivity contribution in [2.24, 2.45) is 0 Å². The molecule has 5 nitrogen and oxygen atoms in total. The molecular formula is C20H30O5Si. The maximum atomic E-state index is 12.7. The van der Waals surface area contributed by atoms with Gasteiger partial charge in [-0.1, -0.05) is 55.5 Å². The molecule has 2 rings (SSSR count). The summed E-state index contributed by atoms with van der Waals surface area (Å²) < 4.78 is 17.2. The van der Waals surface area contributed by atoms with Crippen LogP contribution in [0.2, 0.25) is 18.1 Å². The fourth-order valence-electron chi connectivity index (χ4n) is 4.17. The lowest BCUT2D eigenvalue weighted by molar-refractivity contribution is -0.181. The molecule has 6 heteroatoms. The quantitative estimate of drug-likeness (QED) is 0.582. The maximum absolute atomic E-state index is 12.7. The summed E-state index contributed by atoms with van der Waals surface area (Å²) in [5.41, 5.74) is -1.32. The second kappa shape index (κ2) is 7.16. The van der Waals surface area contributed by atoms with Crippen LogP contribution in [0.1, 0.15) is 34.6 Å². The smallest absolute Gasteiger partial charge is 0.342 e. The van der Waals surface area contributed by atoms with Gasteiger partial charge in [0.05, 0.1) is 20.8 Å². The summed E-state index contributed by atoms with van der Waals surface area (Å²) in [6, 6.07) is 10.2. The van der Waals surface area contributed by atoms with Crippen LogP contribution < -0.4 is 5.19 Å². The van der Waals surface area contributed by atoms with E-state index >= 15 is 0 Å². The summed E-state index contributed by atoms with van der Waals surface area (Å²) in [7, 11) is -2.23. The summed E-state index contributed by atoms with van der Waals surface area (Å²) >= 11 is 0. The highest BCUT2D eigenvalue weighted by Gasteiger charge is 2.69. The summed E-state index contributed by atoms with van der Waals surface area (Å²) in [5, 5.41) is 0.713. The van der Waals surface area contributed by atoms with Crippen molar-refractivity contribution in [3.8, 4) is 0 Å². The molecule has 1 saturated heterocycles. The molecule has 0 N–H and O–H groups in total. The van der Waals surface area contributed by atoms with Crippen LogP contribution in [0.5, 0.6) is 0 Å². The van der Waals surface area contributed by atoms with Crippen LogP contribution in [-0.2, 0) is 23.8 Å². The van der Waals surface area contributed by atoms with Gasteiger partial charge in [0.15, 0.2) is 5.60 Å². The van der Waals surface area contributed by atoms with E-state index in [9.17, 15) is 9.59 Å². The standard InChI is InChI=1S/C20H30O5Si/c1-8-23-18(22)19(4)17(24-15(3)21)20(5,14(2)25-19)26(6,7)16-12-10-9-11-13-16/h9-14,17H,8H2,1-7H3/t14-,17-,19+,20-/m1/s1. The molecule has 0 amide bonds. The van der Waals surface area contributed by atoms with E-state index < -0.39 is 36.8 Å². The third kappa shape index (κ3) is 3.09. The third-order valence-electron chi connectivity index (χ3n) is 6.12. The van der Waals surface area contributed by atoms with Crippen molar-refractivity contribution in [2.45, 2.75) is 70.6 Å². The molecule has 1 heterocycles. The maximum Gasteiger partial charge on any atom is 0.342 e. The summed E-state index contributed by atoms with van der Waals surface area (Å²) in [6.07, 6.45) is -0.994. The average molecular weight is 379 g/mol. The molecule has 0 unspecified atom stereocenters. The van der Waals surface area contributed by atoms with Gasteiger partial charge in [0.2, 0.25) is 0 Å². The van der Waals surface area contributed by atoms with Gasteiger partial charge >= 0.3 is 11.9 Å². The second-order valence-corrected chi connectivity index (χ2v) is 12.8. The molecule has 0 radical (unpaired) electrons. The van der Waals surface area contributed by atoms with Gasteiger partial charge in [-0.3, -0.25) is 4.79 Å². The van der Waals surface area contributed by atoms with Gasteiger partial charge in [-0.25, -0.2) is 4.79 Å². The fourth-order valence-corrected chi connectivity index (χ4v) is 7.88. The average Bonchev–Trinajstić information content (AvgIpc) is 2.78. The van der Waals surface area contributed by atoms with Gasteiger partial charge in [0, 0.05) is 12.0 Å². The lowest BCUT2D eigenvalue weighted by Gasteiger charge is -2.46. The molecule has 0 bridgehead atoms. The van der Waals surface area contributed by atoms with E-state index in [1.54, 1.807) is 13.8 Å². The molecule has 1 aliphatic heterocycles. The summed E-state index contributed by atoms with van der Waals surface area (Å²) in [6.45, 7) is 13.5. The van der Waals surface area contributed by atoms with E-state index in [1.807, 2.05) is 25.1 Å². The Hall–Kier alpha value is -1.66. The summed E-state index contributed by atoms with van der Waals surface area (Å²) in [4.78, 5) is 24.6. The lowest BCUT2D eigenvalue weighted by atomic mass is 9.89. The van der Waals surface area contributed by atoms with Crippen molar-refractivity contribution in [1.82, 2.24) is 0 Å². The predicted octanol–water partition coefficient (Wildman–Crippen LogP) is 3.03. The number of benzene rings is 1. The molecule has 1 aromatic rings. The van der Waals surface area contributed by atoms with Gasteiger partial charge in [-0.15, -0.1) is 0 Å². The monoisotopic (exact) mass is 378 g/mol. The van der Waals surface area contributed by atoms with Crippen LogP contribution in [0.3, 0.4) is 0 Å². The number of carbonyl (C=O) groups excluding carboxylic acids is 2. The van der Waals surface area contributed by atoms with Crippen molar-refractivity contribution in [1.29, 1.82) is 0 Å². The minimum atomic E-state index is -2.23. The first-order chi connectivity index (χ1) is 12.0. The first-order valence-electron chi connectivity index (χ1n) is 9.09. The highest BCUT2D eigenvalue weighted by atomic mass is 28.3. The Kier molecular flexibility index (Phi) is 5.68. The normalized spacial score (nSPS) is 31.5. The molecule has 26 heavy (non-hydrogen) atoms. The highest BCUT2D eigenvalue weighted by Crippen LogP contribution is 2.57. The molecule has 0 saturated carbocycles. The van der Waals surface area contributed by atoms with Crippen molar-refractivity contribution in [3.05, 3.63) is 30.3 Å². The van der Waals surface area contributed by atoms with E-state index in [2.05, 4.69) is 32.2 Å². The molecule has 0 aromatic heterocycles. The van der Waals surface area contributed by atoms with Gasteiger partial charge in [-0.05, 0) is 20.8 Å². The zero-order chi connectivity index (χ0) is 19.8. The van der Waals surface area contributed by atoms with Crippen molar-refractivity contribution < 1.29 is 23.8 Å². The van der Waals surface area contributed by atoms with Crippen molar-refractivity contribution in [2.75, 3.05) is 6.61 Å². The molecular weight excluding hydrogens is 348 g/mol. The van der Waals surface area contributed by atoms with Gasteiger partial charge in [0.25, 0.3) is 0 Å². The Balaban J connectivity index is 2.60. The Labute approximate surface area is 157 Å². The van der Waals surface area contributed by atoms with E-state index in [0.29, 0.717) is 0 Å².